The van der Waals surface area contributed by atoms with E-state index in [-0.39, 0.29) is 0 Å². The summed E-state index contributed by atoms with van der Waals surface area (Å²) in [6.45, 7) is 6.51. The van der Waals surface area contributed by atoms with Crippen LogP contribution >= 0.6 is 0 Å². The second-order valence-electron chi connectivity index (χ2n) is 5.58. The van der Waals surface area contributed by atoms with Gasteiger partial charge in [-0.2, -0.15) is 0 Å². The summed E-state index contributed by atoms with van der Waals surface area (Å²) < 4.78 is 0. The van der Waals surface area contributed by atoms with Crippen molar-refractivity contribution >= 4 is 11.4 Å². The highest BCUT2D eigenvalue weighted by Gasteiger charge is 2.02. The Morgan fingerprint density at radius 3 is 1.48 bits per heavy atom. The molecule has 0 aliphatic carbocycles. The molecule has 0 aliphatic heterocycles. The van der Waals surface area contributed by atoms with Crippen LogP contribution in [-0.4, -0.2) is 27.2 Å². The van der Waals surface area contributed by atoms with E-state index in [2.05, 4.69) is 86.3 Å². The highest BCUT2D eigenvalue weighted by atomic mass is 15.1. The van der Waals surface area contributed by atoms with E-state index in [4.69, 9.17) is 0 Å². The zero-order chi connectivity index (χ0) is 15.2. The van der Waals surface area contributed by atoms with Gasteiger partial charge in [-0.1, -0.05) is 24.3 Å². The van der Waals surface area contributed by atoms with Gasteiger partial charge < -0.3 is 9.80 Å². The molecule has 0 aliphatic rings. The van der Waals surface area contributed by atoms with Gasteiger partial charge in [-0.25, -0.2) is 0 Å². The van der Waals surface area contributed by atoms with Crippen LogP contribution in [0.2, 0.25) is 0 Å². The second kappa shape index (κ2) is 7.16. The molecule has 2 aromatic carbocycles. The van der Waals surface area contributed by atoms with Gasteiger partial charge in [0.05, 0.1) is 0 Å². The van der Waals surface area contributed by atoms with Crippen LogP contribution in [0.4, 0.5) is 11.4 Å². The molecule has 0 saturated carbocycles. The number of nitrogens with zero attached hydrogens (tertiary/aromatic N) is 2. The van der Waals surface area contributed by atoms with Crippen molar-refractivity contribution in [1.29, 1.82) is 0 Å². The highest BCUT2D eigenvalue weighted by molar-refractivity contribution is 5.49. The van der Waals surface area contributed by atoms with Crippen LogP contribution in [0.5, 0.6) is 0 Å². The van der Waals surface area contributed by atoms with Crippen molar-refractivity contribution in [2.24, 2.45) is 0 Å². The molecule has 0 unspecified atom stereocenters. The molecule has 0 N–H and O–H groups in total. The van der Waals surface area contributed by atoms with Gasteiger partial charge in [0, 0.05) is 38.6 Å². The molecule has 0 fully saturated rings. The molecule has 21 heavy (non-hydrogen) atoms. The summed E-state index contributed by atoms with van der Waals surface area (Å²) >= 11 is 0. The highest BCUT2D eigenvalue weighted by Crippen LogP contribution is 2.18. The first-order valence-corrected chi connectivity index (χ1v) is 7.74. The summed E-state index contributed by atoms with van der Waals surface area (Å²) in [5.74, 6) is 0. The lowest BCUT2D eigenvalue weighted by Crippen LogP contribution is -2.21. The lowest BCUT2D eigenvalue weighted by molar-refractivity contribution is 0.866. The summed E-state index contributed by atoms with van der Waals surface area (Å²) in [6, 6.07) is 17.7. The largest absolute Gasteiger partial charge is 0.378 e. The van der Waals surface area contributed by atoms with E-state index in [0.29, 0.717) is 0 Å². The molecule has 0 heterocycles. The summed E-state index contributed by atoms with van der Waals surface area (Å²) in [4.78, 5) is 4.50. The van der Waals surface area contributed by atoms with E-state index < -0.39 is 0 Å². The van der Waals surface area contributed by atoms with Crippen molar-refractivity contribution in [3.05, 3.63) is 59.7 Å². The smallest absolute Gasteiger partial charge is 0.0366 e. The zero-order valence-electron chi connectivity index (χ0n) is 13.6. The minimum absolute atomic E-state index is 0.992. The average molecular weight is 282 g/mol. The fraction of sp³-hybridized carbons (Fsp3) is 0.368. The fourth-order valence-corrected chi connectivity index (χ4v) is 2.56. The quantitative estimate of drug-likeness (QED) is 0.784. The number of rotatable bonds is 6. The minimum Gasteiger partial charge on any atom is -0.378 e. The second-order valence-corrected chi connectivity index (χ2v) is 5.58. The molecular weight excluding hydrogens is 256 g/mol. The van der Waals surface area contributed by atoms with Gasteiger partial charge in [0.2, 0.25) is 0 Å². The number of hydrogen-bond donors (Lipinski definition) is 0. The van der Waals surface area contributed by atoms with E-state index in [9.17, 15) is 0 Å². The zero-order valence-corrected chi connectivity index (χ0v) is 13.6. The van der Waals surface area contributed by atoms with Gasteiger partial charge in [-0.3, -0.25) is 0 Å². The van der Waals surface area contributed by atoms with Gasteiger partial charge in [0.15, 0.2) is 0 Å². The Bertz CT molecular complexity index is 537. The first-order chi connectivity index (χ1) is 10.1. The first kappa shape index (κ1) is 15.4. The molecule has 2 nitrogen and oxygen atoms in total. The maximum absolute atomic E-state index is 2.37. The van der Waals surface area contributed by atoms with Crippen LogP contribution < -0.4 is 9.80 Å². The maximum Gasteiger partial charge on any atom is 0.0366 e. The molecule has 0 atom stereocenters. The van der Waals surface area contributed by atoms with E-state index >= 15 is 0 Å². The molecule has 2 heteroatoms. The van der Waals surface area contributed by atoms with Gasteiger partial charge >= 0.3 is 0 Å². The molecule has 0 amide bonds. The third-order valence-electron chi connectivity index (χ3n) is 3.93. The topological polar surface area (TPSA) is 6.48 Å². The predicted octanol–water partition coefficient (Wildman–Crippen LogP) is 4.19. The molecule has 0 radical (unpaired) electrons. The van der Waals surface area contributed by atoms with Crippen molar-refractivity contribution in [3.63, 3.8) is 0 Å². The van der Waals surface area contributed by atoms with E-state index in [1.807, 2.05) is 0 Å². The Balaban J connectivity index is 2.06. The van der Waals surface area contributed by atoms with Crippen molar-refractivity contribution < 1.29 is 0 Å². The normalized spacial score (nSPS) is 10.5. The molecule has 2 rings (SSSR count). The van der Waals surface area contributed by atoms with Gasteiger partial charge in [-0.05, 0) is 55.7 Å². The van der Waals surface area contributed by atoms with E-state index in [1.54, 1.807) is 0 Å². The maximum atomic E-state index is 2.37. The summed E-state index contributed by atoms with van der Waals surface area (Å²) in [5.41, 5.74) is 5.28. The lowest BCUT2D eigenvalue weighted by Gasteiger charge is -2.21. The molecule has 0 bridgehead atoms. The fourth-order valence-electron chi connectivity index (χ4n) is 2.56. The summed E-state index contributed by atoms with van der Waals surface area (Å²) in [5, 5.41) is 0. The molecule has 0 spiro atoms. The standard InChI is InChI=1S/C19H26N2/c1-5-21(6-2)19-13-9-17(10-14-19)15-16-7-11-18(12-8-16)20(3)4/h7-14H,5-6,15H2,1-4H3. The Morgan fingerprint density at radius 2 is 1.10 bits per heavy atom. The first-order valence-electron chi connectivity index (χ1n) is 7.74. The Morgan fingerprint density at radius 1 is 0.667 bits per heavy atom. The van der Waals surface area contributed by atoms with Crippen LogP contribution in [0.1, 0.15) is 25.0 Å². The van der Waals surface area contributed by atoms with Crippen LogP contribution in [0.25, 0.3) is 0 Å². The monoisotopic (exact) mass is 282 g/mol. The van der Waals surface area contributed by atoms with E-state index in [0.717, 1.165) is 19.5 Å². The summed E-state index contributed by atoms with van der Waals surface area (Å²) in [6.07, 6.45) is 0.992. The molecular formula is C19H26N2. The summed E-state index contributed by atoms with van der Waals surface area (Å²) in [7, 11) is 4.14. The Labute approximate surface area is 129 Å². The molecule has 112 valence electrons. The third kappa shape index (κ3) is 4.01. The average Bonchev–Trinajstić information content (AvgIpc) is 2.51. The predicted molar refractivity (Wildman–Crippen MR) is 93.6 cm³/mol. The van der Waals surface area contributed by atoms with Gasteiger partial charge in [0.25, 0.3) is 0 Å². The van der Waals surface area contributed by atoms with Crippen LogP contribution in [0, 0.1) is 0 Å². The minimum atomic E-state index is 0.992. The van der Waals surface area contributed by atoms with Gasteiger partial charge in [-0.15, -0.1) is 0 Å². The van der Waals surface area contributed by atoms with Crippen molar-refractivity contribution in [2.45, 2.75) is 20.3 Å². The molecule has 0 aromatic heterocycles. The third-order valence-corrected chi connectivity index (χ3v) is 3.93. The van der Waals surface area contributed by atoms with Crippen LogP contribution in [-0.2, 0) is 6.42 Å². The SMILES string of the molecule is CCN(CC)c1ccc(Cc2ccc(N(C)C)cc2)cc1. The van der Waals surface area contributed by atoms with Crippen molar-refractivity contribution in [1.82, 2.24) is 0 Å². The van der Waals surface area contributed by atoms with E-state index in [1.165, 1.54) is 22.5 Å². The molecule has 2 aromatic rings. The number of hydrogen-bond acceptors (Lipinski definition) is 2. The Hall–Kier alpha value is -1.96. The van der Waals surface area contributed by atoms with Crippen LogP contribution in [0.3, 0.4) is 0 Å². The van der Waals surface area contributed by atoms with Crippen LogP contribution in [0.15, 0.2) is 48.5 Å². The lowest BCUT2D eigenvalue weighted by atomic mass is 10.0. The Kier molecular flexibility index (Phi) is 5.26. The molecule has 0 saturated heterocycles. The van der Waals surface area contributed by atoms with Gasteiger partial charge in [0.1, 0.15) is 0 Å². The van der Waals surface area contributed by atoms with Crippen molar-refractivity contribution in [2.75, 3.05) is 37.0 Å². The van der Waals surface area contributed by atoms with Crippen molar-refractivity contribution in [3.8, 4) is 0 Å². The number of anilines is 2. The number of benzene rings is 2.